The predicted molar refractivity (Wildman–Crippen MR) is 61.3 cm³/mol. The highest BCUT2D eigenvalue weighted by Gasteiger charge is 2.09. The van der Waals surface area contributed by atoms with E-state index in [1.807, 2.05) is 0 Å². The summed E-state index contributed by atoms with van der Waals surface area (Å²) in [6.07, 6.45) is 5.62. The van der Waals surface area contributed by atoms with Gasteiger partial charge in [-0.3, -0.25) is 0 Å². The number of hydrogen-bond donors (Lipinski definition) is 0. The first-order valence-electron chi connectivity index (χ1n) is 6.18. The van der Waals surface area contributed by atoms with Crippen molar-refractivity contribution in [2.24, 2.45) is 17.8 Å². The van der Waals surface area contributed by atoms with E-state index in [0.29, 0.717) is 5.92 Å². The van der Waals surface area contributed by atoms with Crippen LogP contribution in [0.4, 0.5) is 0 Å². The lowest BCUT2D eigenvalue weighted by molar-refractivity contribution is -0.311. The zero-order valence-corrected chi connectivity index (χ0v) is 10.6. The van der Waals surface area contributed by atoms with Gasteiger partial charge in [0, 0.05) is 5.97 Å². The molecule has 2 heteroatoms. The van der Waals surface area contributed by atoms with Crippen LogP contribution in [0, 0.1) is 17.8 Å². The van der Waals surface area contributed by atoms with Crippen molar-refractivity contribution in [3.05, 3.63) is 0 Å². The van der Waals surface area contributed by atoms with E-state index in [4.69, 9.17) is 0 Å². The summed E-state index contributed by atoms with van der Waals surface area (Å²) in [5.74, 6) is 0.0881. The van der Waals surface area contributed by atoms with E-state index in [1.54, 1.807) is 6.92 Å². The highest BCUT2D eigenvalue weighted by molar-refractivity contribution is 5.66. The van der Waals surface area contributed by atoms with Crippen LogP contribution in [0.1, 0.15) is 59.8 Å². The third-order valence-electron chi connectivity index (χ3n) is 3.25. The van der Waals surface area contributed by atoms with Crippen molar-refractivity contribution in [1.29, 1.82) is 0 Å². The predicted octanol–water partition coefficient (Wildman–Crippen LogP) is 2.62. The third-order valence-corrected chi connectivity index (χ3v) is 3.25. The Kier molecular flexibility index (Phi) is 7.45. The lowest BCUT2D eigenvalue weighted by Crippen LogP contribution is -2.30. The van der Waals surface area contributed by atoms with Gasteiger partial charge in [-0.05, 0) is 24.2 Å². The monoisotopic (exact) mass is 213 g/mol. The van der Waals surface area contributed by atoms with Gasteiger partial charge in [0.2, 0.25) is 0 Å². The number of aliphatic carboxylic acids is 1. The molecule has 0 aromatic rings. The van der Waals surface area contributed by atoms with Gasteiger partial charge < -0.3 is 9.90 Å². The first-order valence-corrected chi connectivity index (χ1v) is 6.18. The molecule has 3 atom stereocenters. The van der Waals surface area contributed by atoms with Gasteiger partial charge in [-0.1, -0.05) is 53.4 Å². The van der Waals surface area contributed by atoms with Gasteiger partial charge >= 0.3 is 0 Å². The van der Waals surface area contributed by atoms with E-state index in [1.165, 1.54) is 19.3 Å². The van der Waals surface area contributed by atoms with E-state index >= 15 is 0 Å². The largest absolute Gasteiger partial charge is 0.550 e. The van der Waals surface area contributed by atoms with Crippen LogP contribution in [-0.2, 0) is 4.79 Å². The van der Waals surface area contributed by atoms with Crippen LogP contribution in [0.5, 0.6) is 0 Å². The smallest absolute Gasteiger partial charge is 0.0442 e. The Balaban J connectivity index is 3.57. The van der Waals surface area contributed by atoms with Crippen LogP contribution in [0.3, 0.4) is 0 Å². The quantitative estimate of drug-likeness (QED) is 0.622. The summed E-state index contributed by atoms with van der Waals surface area (Å²) in [7, 11) is 0. The van der Waals surface area contributed by atoms with E-state index < -0.39 is 5.97 Å². The first kappa shape index (κ1) is 14.5. The first-order chi connectivity index (χ1) is 6.97. The van der Waals surface area contributed by atoms with Crippen molar-refractivity contribution in [2.45, 2.75) is 59.8 Å². The van der Waals surface area contributed by atoms with Crippen molar-refractivity contribution in [2.75, 3.05) is 0 Å². The van der Waals surface area contributed by atoms with Crippen LogP contribution >= 0.6 is 0 Å². The van der Waals surface area contributed by atoms with Crippen LogP contribution in [-0.4, -0.2) is 5.97 Å². The molecule has 0 heterocycles. The van der Waals surface area contributed by atoms with Gasteiger partial charge in [0.1, 0.15) is 0 Å². The Morgan fingerprint density at radius 2 is 1.67 bits per heavy atom. The summed E-state index contributed by atoms with van der Waals surface area (Å²) in [6, 6.07) is 0. The molecule has 0 amide bonds. The Morgan fingerprint density at radius 1 is 1.13 bits per heavy atom. The van der Waals surface area contributed by atoms with E-state index in [-0.39, 0.29) is 5.92 Å². The van der Waals surface area contributed by atoms with Gasteiger partial charge in [0.25, 0.3) is 0 Å². The van der Waals surface area contributed by atoms with Crippen molar-refractivity contribution in [3.8, 4) is 0 Å². The molecule has 0 saturated heterocycles. The molecule has 0 aliphatic heterocycles. The topological polar surface area (TPSA) is 40.1 Å². The minimum Gasteiger partial charge on any atom is -0.550 e. The number of carbonyl (C=O) groups excluding carboxylic acids is 1. The molecule has 90 valence electrons. The van der Waals surface area contributed by atoms with Gasteiger partial charge in [-0.15, -0.1) is 0 Å². The lowest BCUT2D eigenvalue weighted by Gasteiger charge is -2.18. The fourth-order valence-corrected chi connectivity index (χ4v) is 1.84. The van der Waals surface area contributed by atoms with Crippen LogP contribution in [0.2, 0.25) is 0 Å². The van der Waals surface area contributed by atoms with E-state index in [9.17, 15) is 9.90 Å². The van der Waals surface area contributed by atoms with Gasteiger partial charge in [0.15, 0.2) is 0 Å². The summed E-state index contributed by atoms with van der Waals surface area (Å²) in [4.78, 5) is 10.6. The van der Waals surface area contributed by atoms with Crippen molar-refractivity contribution >= 4 is 5.97 Å². The molecule has 0 aliphatic rings. The molecule has 0 saturated carbocycles. The molecular formula is C13H25O2-. The maximum absolute atomic E-state index is 10.6. The molecule has 0 rings (SSSR count). The van der Waals surface area contributed by atoms with Gasteiger partial charge in [-0.2, -0.15) is 0 Å². The normalized spacial score (nSPS) is 17.1. The summed E-state index contributed by atoms with van der Waals surface area (Å²) < 4.78 is 0. The van der Waals surface area contributed by atoms with Crippen molar-refractivity contribution in [3.63, 3.8) is 0 Å². The molecule has 0 aromatic heterocycles. The molecule has 0 fully saturated rings. The average molecular weight is 213 g/mol. The molecule has 0 N–H and O–H groups in total. The fourth-order valence-electron chi connectivity index (χ4n) is 1.84. The van der Waals surface area contributed by atoms with Crippen LogP contribution < -0.4 is 5.11 Å². The summed E-state index contributed by atoms with van der Waals surface area (Å²) in [5, 5.41) is 10.6. The number of hydrogen-bond acceptors (Lipinski definition) is 2. The van der Waals surface area contributed by atoms with Gasteiger partial charge in [0.05, 0.1) is 0 Å². The standard InChI is InChI=1S/C13H26O2/c1-5-10(2)7-6-8-11(3)9-12(4)13(14)15/h10-12H,5-9H2,1-4H3,(H,14,15)/p-1. The molecule has 0 aliphatic carbocycles. The maximum Gasteiger partial charge on any atom is 0.0442 e. The average Bonchev–Trinajstić information content (AvgIpc) is 2.17. The fraction of sp³-hybridized carbons (Fsp3) is 0.923. The number of carboxylic acid groups (broad SMARTS) is 1. The van der Waals surface area contributed by atoms with E-state index in [0.717, 1.165) is 18.8 Å². The second kappa shape index (κ2) is 7.72. The second-order valence-corrected chi connectivity index (χ2v) is 5.01. The lowest BCUT2D eigenvalue weighted by atomic mass is 9.91. The summed E-state index contributed by atoms with van der Waals surface area (Å²) >= 11 is 0. The Labute approximate surface area is 94.1 Å². The molecule has 2 nitrogen and oxygen atoms in total. The number of rotatable bonds is 8. The van der Waals surface area contributed by atoms with Crippen LogP contribution in [0.15, 0.2) is 0 Å². The minimum atomic E-state index is -0.913. The molecule has 0 radical (unpaired) electrons. The van der Waals surface area contributed by atoms with E-state index in [2.05, 4.69) is 20.8 Å². The highest BCUT2D eigenvalue weighted by atomic mass is 16.4. The molecular weight excluding hydrogens is 188 g/mol. The van der Waals surface area contributed by atoms with Crippen molar-refractivity contribution in [1.82, 2.24) is 0 Å². The highest BCUT2D eigenvalue weighted by Crippen LogP contribution is 2.20. The maximum atomic E-state index is 10.6. The Hall–Kier alpha value is -0.530. The van der Waals surface area contributed by atoms with Gasteiger partial charge in [-0.25, -0.2) is 0 Å². The minimum absolute atomic E-state index is 0.302. The Morgan fingerprint density at radius 3 is 2.13 bits per heavy atom. The third kappa shape index (κ3) is 7.40. The SMILES string of the molecule is CCC(C)CCCC(C)CC(C)C(=O)[O-]. The van der Waals surface area contributed by atoms with Crippen LogP contribution in [0.25, 0.3) is 0 Å². The molecule has 3 unspecified atom stereocenters. The number of carboxylic acids is 1. The number of carbonyl (C=O) groups is 1. The zero-order valence-electron chi connectivity index (χ0n) is 10.6. The Bertz CT molecular complexity index is 177. The zero-order chi connectivity index (χ0) is 11.8. The molecule has 0 bridgehead atoms. The second-order valence-electron chi connectivity index (χ2n) is 5.01. The van der Waals surface area contributed by atoms with Crippen molar-refractivity contribution < 1.29 is 9.90 Å². The molecule has 15 heavy (non-hydrogen) atoms. The summed E-state index contributed by atoms with van der Waals surface area (Å²) in [6.45, 7) is 8.36. The summed E-state index contributed by atoms with van der Waals surface area (Å²) in [5.41, 5.74) is 0. The molecule has 0 spiro atoms. The molecule has 0 aromatic carbocycles.